The third kappa shape index (κ3) is 20.2. The molecule has 29 heavy (non-hydrogen) atoms. The summed E-state index contributed by atoms with van der Waals surface area (Å²) < 4.78 is 15.9. The van der Waals surface area contributed by atoms with Crippen LogP contribution in [0.2, 0.25) is 0 Å². The van der Waals surface area contributed by atoms with Crippen molar-refractivity contribution in [3.05, 3.63) is 12.2 Å². The average Bonchev–Trinajstić information content (AvgIpc) is 3.10. The fraction of sp³-hybridized carbons (Fsp3) is 0.905. The summed E-state index contributed by atoms with van der Waals surface area (Å²) in [6.07, 6.45) is 21.8. The number of allylic oxidation sites excluding steroid dienone is 2. The van der Waals surface area contributed by atoms with Gasteiger partial charge in [0.05, 0.1) is 13.2 Å². The van der Waals surface area contributed by atoms with Crippen molar-refractivity contribution >= 4 is 18.5 Å². The number of hydrogen-bond donors (Lipinski definition) is 1. The molecule has 1 N–H and O–H groups in total. The van der Waals surface area contributed by atoms with Crippen LogP contribution in [0.4, 0.5) is 0 Å². The van der Waals surface area contributed by atoms with Crippen LogP contribution in [-0.2, 0) is 25.8 Å². The van der Waals surface area contributed by atoms with E-state index in [1.165, 1.54) is 77.0 Å². The Labute approximate surface area is 226 Å². The molecule has 0 spiro atoms. The summed E-state index contributed by atoms with van der Waals surface area (Å²) in [5.41, 5.74) is 0. The van der Waals surface area contributed by atoms with Crippen LogP contribution in [0.5, 0.6) is 0 Å². The van der Waals surface area contributed by atoms with E-state index in [-0.39, 0.29) is 70.4 Å². The largest absolute Gasteiger partial charge is 1.00 e. The number of rotatable bonds is 18. The summed E-state index contributed by atoms with van der Waals surface area (Å²) in [5.74, 6) is 0. The van der Waals surface area contributed by atoms with Gasteiger partial charge in [0.15, 0.2) is 6.29 Å². The van der Waals surface area contributed by atoms with E-state index in [0.29, 0.717) is 6.61 Å². The molecular weight excluding hydrogens is 434 g/mol. The molecule has 0 radical (unpaired) electrons. The second-order valence-electron chi connectivity index (χ2n) is 7.66. The summed E-state index contributed by atoms with van der Waals surface area (Å²) in [4.78, 5) is 19.9. The van der Waals surface area contributed by atoms with Crippen LogP contribution in [0.1, 0.15) is 96.8 Å². The molecule has 0 saturated carbocycles. The second kappa shape index (κ2) is 20.4. The molecule has 1 heterocycles. The third-order valence-electron chi connectivity index (χ3n) is 4.94. The molecule has 0 bridgehead atoms. The van der Waals surface area contributed by atoms with Crippen molar-refractivity contribution in [3.8, 4) is 0 Å². The normalized spacial score (nSPS) is 21.3. The van der Waals surface area contributed by atoms with Gasteiger partial charge in [-0.25, -0.2) is 0 Å². The van der Waals surface area contributed by atoms with E-state index in [4.69, 9.17) is 18.9 Å². The maximum atomic E-state index is 10.9. The first-order valence-corrected chi connectivity index (χ1v) is 13.7. The summed E-state index contributed by atoms with van der Waals surface area (Å²) in [5, 5.41) is 0. The van der Waals surface area contributed by atoms with Gasteiger partial charge in [0, 0.05) is 0 Å². The van der Waals surface area contributed by atoms with Crippen molar-refractivity contribution in [1.82, 2.24) is 0 Å². The van der Waals surface area contributed by atoms with Crippen LogP contribution in [0.15, 0.2) is 12.2 Å². The first-order chi connectivity index (χ1) is 13.5. The van der Waals surface area contributed by atoms with E-state index < -0.39 is 6.72 Å². The average molecular weight is 475 g/mol. The first kappa shape index (κ1) is 30.8. The zero-order chi connectivity index (χ0) is 20.5. The fourth-order valence-corrected chi connectivity index (χ4v) is 3.84. The van der Waals surface area contributed by atoms with E-state index in [2.05, 4.69) is 30.9 Å². The second-order valence-corrected chi connectivity index (χ2v) is 10.2. The number of ether oxygens (including phenoxy) is 2. The van der Waals surface area contributed by atoms with Crippen LogP contribution < -0.4 is 56.3 Å². The topological polar surface area (TPSA) is 71.0 Å². The predicted octanol–water partition coefficient (Wildman–Crippen LogP) is 2.36. The molecule has 1 fully saturated rings. The summed E-state index contributed by atoms with van der Waals surface area (Å²) in [6, 6.07) is 0. The predicted molar refractivity (Wildman–Crippen MR) is 117 cm³/mol. The monoisotopic (exact) mass is 474 g/mol. The molecule has 0 aliphatic carbocycles. The van der Waals surface area contributed by atoms with Crippen molar-refractivity contribution in [1.29, 1.82) is 0 Å². The molecule has 1 aliphatic heterocycles. The maximum Gasteiger partial charge on any atom is 1.00 e. The molecule has 1 aliphatic rings. The molecule has 166 valence electrons. The van der Waals surface area contributed by atoms with Crippen LogP contribution >= 0.6 is 6.72 Å². The van der Waals surface area contributed by atoms with Crippen LogP contribution in [0, 0.1) is 0 Å². The van der Waals surface area contributed by atoms with Crippen molar-refractivity contribution in [2.45, 2.75) is 109 Å². The van der Waals surface area contributed by atoms with Gasteiger partial charge < -0.3 is 23.8 Å². The Kier molecular flexibility index (Phi) is 21.7. The van der Waals surface area contributed by atoms with Gasteiger partial charge >= 0.3 is 51.4 Å². The Bertz CT molecular complexity index is 447. The van der Waals surface area contributed by atoms with Gasteiger partial charge in [-0.15, -0.1) is 0 Å². The number of unbranched alkanes of at least 4 members (excludes halogenated alkanes) is 11. The van der Waals surface area contributed by atoms with E-state index in [1.807, 2.05) is 0 Å². The Morgan fingerprint density at radius 3 is 2.14 bits per heavy atom. The molecule has 1 unspecified atom stereocenters. The zero-order valence-corrected chi connectivity index (χ0v) is 23.4. The minimum Gasteiger partial charge on any atom is -0.780 e. The zero-order valence-electron chi connectivity index (χ0n) is 18.6. The van der Waals surface area contributed by atoms with Crippen LogP contribution in [0.3, 0.4) is 0 Å². The quantitative estimate of drug-likeness (QED) is 0.142. The standard InChI is InChI=1S/C21H41O5PS.K/c1-2-3-4-5-6-7-8-9-10-11-12-13-14-15-16-17-21-24-18-20(26-21)19-25-27(22,23)28;/h9-10,20-21H,2-8,11-19H2,1H3,(H2,22,23,28);/q;+1/p-1/b10-9-;/t20-,21+;/m0./s1. The van der Waals surface area contributed by atoms with Gasteiger partial charge in [0.25, 0.3) is 0 Å². The van der Waals surface area contributed by atoms with Crippen LogP contribution in [0.25, 0.3) is 0 Å². The fourth-order valence-electron chi connectivity index (χ4n) is 3.31. The van der Waals surface area contributed by atoms with E-state index in [9.17, 15) is 4.89 Å². The van der Waals surface area contributed by atoms with Gasteiger partial charge in [-0.2, -0.15) is 0 Å². The molecule has 8 heteroatoms. The Morgan fingerprint density at radius 2 is 1.55 bits per heavy atom. The Balaban J connectivity index is 0.00000784. The summed E-state index contributed by atoms with van der Waals surface area (Å²) >= 11 is 4.31. The SMILES string of the molecule is CCCCCCCC/C=C\CCCCCCC[C@@H]1OC[C@@H](COP([O-])(O)=S)O1.[K+]. The molecule has 5 nitrogen and oxygen atoms in total. The minimum absolute atomic E-state index is 0. The van der Waals surface area contributed by atoms with Gasteiger partial charge in [-0.1, -0.05) is 82.2 Å². The Hall–Kier alpha value is 1.83. The van der Waals surface area contributed by atoms with E-state index >= 15 is 0 Å². The Morgan fingerprint density at radius 1 is 1.00 bits per heavy atom. The molecule has 0 amide bonds. The summed E-state index contributed by atoms with van der Waals surface area (Å²) in [7, 11) is 0. The first-order valence-electron chi connectivity index (χ1n) is 11.1. The van der Waals surface area contributed by atoms with Gasteiger partial charge in [0.2, 0.25) is 0 Å². The van der Waals surface area contributed by atoms with Gasteiger partial charge in [-0.3, -0.25) is 0 Å². The minimum atomic E-state index is -3.85. The smallest absolute Gasteiger partial charge is 0.780 e. The summed E-state index contributed by atoms with van der Waals surface area (Å²) in [6.45, 7) is -1.18. The molecular formula is C21H40KO5PS. The maximum absolute atomic E-state index is 10.9. The molecule has 1 rings (SSSR count). The van der Waals surface area contributed by atoms with Crippen LogP contribution in [-0.4, -0.2) is 30.5 Å². The molecule has 0 aromatic rings. The van der Waals surface area contributed by atoms with Gasteiger partial charge in [-0.05, 0) is 38.5 Å². The van der Waals surface area contributed by atoms with Crippen molar-refractivity contribution in [3.63, 3.8) is 0 Å². The van der Waals surface area contributed by atoms with Crippen molar-refractivity contribution in [2.24, 2.45) is 0 Å². The molecule has 1 saturated heterocycles. The third-order valence-corrected chi connectivity index (χ3v) is 5.73. The molecule has 3 atom stereocenters. The van der Waals surface area contributed by atoms with Crippen molar-refractivity contribution < 1.29 is 75.2 Å². The van der Waals surface area contributed by atoms with E-state index in [0.717, 1.165) is 12.8 Å². The number of hydrogen-bond acceptors (Lipinski definition) is 5. The van der Waals surface area contributed by atoms with Gasteiger partial charge in [0.1, 0.15) is 12.8 Å². The molecule has 0 aromatic carbocycles. The van der Waals surface area contributed by atoms with Crippen molar-refractivity contribution in [2.75, 3.05) is 13.2 Å². The van der Waals surface area contributed by atoms with E-state index in [1.54, 1.807) is 0 Å². The molecule has 0 aromatic heterocycles.